The van der Waals surface area contributed by atoms with Crippen molar-refractivity contribution in [3.05, 3.63) is 54.7 Å². The first kappa shape index (κ1) is 26.2. The standard InChI is InChI=1S/C27H34N6O4/c1-4-19(16-25(34)32-27-28-11-14-37-27)20-7-8-24(33(5-2)22-9-12-35-13-10-22)23(15-20)31-21-17-29-26(30-18-21)36-6-3/h7-8,11,14-18,22,31H,4-6,9-10,12-13H2,1-3H3,(H,28,32,34)/b19-16+. The molecule has 1 saturated heterocycles. The van der Waals surface area contributed by atoms with Crippen molar-refractivity contribution >= 4 is 34.6 Å². The maximum absolute atomic E-state index is 12.6. The molecule has 3 heterocycles. The van der Waals surface area contributed by atoms with Gasteiger partial charge in [-0.15, -0.1) is 0 Å². The van der Waals surface area contributed by atoms with Gasteiger partial charge in [0.1, 0.15) is 6.26 Å². The van der Waals surface area contributed by atoms with Crippen molar-refractivity contribution in [2.45, 2.75) is 46.1 Å². The van der Waals surface area contributed by atoms with Gasteiger partial charge in [-0.2, -0.15) is 0 Å². The Morgan fingerprint density at radius 3 is 2.59 bits per heavy atom. The molecule has 10 nitrogen and oxygen atoms in total. The summed E-state index contributed by atoms with van der Waals surface area (Å²) in [5.74, 6) is -0.296. The summed E-state index contributed by atoms with van der Waals surface area (Å²) in [5, 5.41) is 6.15. The molecule has 0 saturated carbocycles. The quantitative estimate of drug-likeness (QED) is 0.345. The normalized spacial score (nSPS) is 14.3. The topological polar surface area (TPSA) is 115 Å². The molecule has 1 aliphatic heterocycles. The van der Waals surface area contributed by atoms with Gasteiger partial charge in [-0.3, -0.25) is 10.1 Å². The Morgan fingerprint density at radius 1 is 1.16 bits per heavy atom. The smallest absolute Gasteiger partial charge is 0.316 e. The number of oxazole rings is 1. The van der Waals surface area contributed by atoms with Gasteiger partial charge in [-0.1, -0.05) is 13.0 Å². The number of nitrogens with one attached hydrogen (secondary N) is 2. The van der Waals surface area contributed by atoms with Crippen molar-refractivity contribution in [3.63, 3.8) is 0 Å². The monoisotopic (exact) mass is 506 g/mol. The summed E-state index contributed by atoms with van der Waals surface area (Å²) in [4.78, 5) is 27.5. The SMILES string of the molecule is CCOc1ncc(Nc2cc(/C(=C/C(=O)Nc3ncco3)CC)ccc2N(CC)C2CCOCC2)cn1. The molecule has 2 aromatic heterocycles. The number of aromatic nitrogens is 3. The molecule has 4 rings (SSSR count). The minimum absolute atomic E-state index is 0.167. The Morgan fingerprint density at radius 2 is 1.95 bits per heavy atom. The van der Waals surface area contributed by atoms with Gasteiger partial charge in [-0.05, 0) is 56.4 Å². The molecule has 37 heavy (non-hydrogen) atoms. The Balaban J connectivity index is 1.66. The minimum Gasteiger partial charge on any atom is -0.464 e. The molecule has 1 fully saturated rings. The summed E-state index contributed by atoms with van der Waals surface area (Å²) in [6.45, 7) is 8.96. The molecule has 10 heteroatoms. The van der Waals surface area contributed by atoms with Gasteiger partial charge in [0, 0.05) is 31.9 Å². The van der Waals surface area contributed by atoms with Crippen molar-refractivity contribution in [1.82, 2.24) is 15.0 Å². The summed E-state index contributed by atoms with van der Waals surface area (Å²) in [5.41, 5.74) is 4.55. The van der Waals surface area contributed by atoms with Gasteiger partial charge in [0.2, 0.25) is 0 Å². The molecule has 1 aromatic carbocycles. The number of allylic oxidation sites excluding steroid dienone is 1. The zero-order chi connectivity index (χ0) is 26.0. The molecule has 1 aliphatic rings. The predicted octanol–water partition coefficient (Wildman–Crippen LogP) is 5.04. The number of amides is 1. The molecule has 0 radical (unpaired) electrons. The van der Waals surface area contributed by atoms with E-state index in [2.05, 4.69) is 55.6 Å². The van der Waals surface area contributed by atoms with Gasteiger partial charge in [0.15, 0.2) is 0 Å². The Kier molecular flexibility index (Phi) is 9.09. The number of benzene rings is 1. The van der Waals surface area contributed by atoms with E-state index in [-0.39, 0.29) is 11.9 Å². The van der Waals surface area contributed by atoms with E-state index in [9.17, 15) is 4.79 Å². The molecule has 0 spiro atoms. The number of carbonyl (C=O) groups is 1. The first-order chi connectivity index (χ1) is 18.1. The van der Waals surface area contributed by atoms with Crippen LogP contribution < -0.4 is 20.3 Å². The lowest BCUT2D eigenvalue weighted by Gasteiger charge is -2.36. The summed E-state index contributed by atoms with van der Waals surface area (Å²) < 4.78 is 16.1. The molecule has 0 aliphatic carbocycles. The Hall–Kier alpha value is -3.92. The van der Waals surface area contributed by atoms with Crippen LogP contribution in [0.2, 0.25) is 0 Å². The highest BCUT2D eigenvalue weighted by Crippen LogP contribution is 2.35. The van der Waals surface area contributed by atoms with Crippen LogP contribution in [0.15, 0.2) is 53.5 Å². The van der Waals surface area contributed by atoms with Crippen LogP contribution in [-0.4, -0.2) is 53.3 Å². The zero-order valence-electron chi connectivity index (χ0n) is 21.6. The molecule has 0 bridgehead atoms. The lowest BCUT2D eigenvalue weighted by atomic mass is 9.99. The van der Waals surface area contributed by atoms with Crippen LogP contribution in [0.3, 0.4) is 0 Å². The number of hydrogen-bond donors (Lipinski definition) is 2. The predicted molar refractivity (Wildman–Crippen MR) is 143 cm³/mol. The summed E-state index contributed by atoms with van der Waals surface area (Å²) in [6.07, 6.45) is 10.5. The molecule has 0 atom stereocenters. The zero-order valence-corrected chi connectivity index (χ0v) is 21.6. The van der Waals surface area contributed by atoms with E-state index in [0.29, 0.717) is 25.1 Å². The third kappa shape index (κ3) is 6.85. The van der Waals surface area contributed by atoms with E-state index in [0.717, 1.165) is 60.8 Å². The minimum atomic E-state index is -0.296. The van der Waals surface area contributed by atoms with Crippen LogP contribution in [-0.2, 0) is 9.53 Å². The maximum Gasteiger partial charge on any atom is 0.316 e. The van der Waals surface area contributed by atoms with Crippen molar-refractivity contribution in [3.8, 4) is 6.01 Å². The molecule has 1 amide bonds. The molecule has 196 valence electrons. The first-order valence-corrected chi connectivity index (χ1v) is 12.7. The fourth-order valence-corrected chi connectivity index (χ4v) is 4.42. The largest absolute Gasteiger partial charge is 0.464 e. The average Bonchev–Trinajstić information content (AvgIpc) is 3.43. The molecule has 2 N–H and O–H groups in total. The highest BCUT2D eigenvalue weighted by Gasteiger charge is 2.23. The fourth-order valence-electron chi connectivity index (χ4n) is 4.42. The summed E-state index contributed by atoms with van der Waals surface area (Å²) >= 11 is 0. The van der Waals surface area contributed by atoms with Crippen molar-refractivity contribution in [1.29, 1.82) is 0 Å². The molecular weight excluding hydrogens is 472 g/mol. The van der Waals surface area contributed by atoms with E-state index in [4.69, 9.17) is 13.9 Å². The highest BCUT2D eigenvalue weighted by atomic mass is 16.5. The number of ether oxygens (including phenoxy) is 2. The van der Waals surface area contributed by atoms with Crippen molar-refractivity contribution in [2.75, 3.05) is 41.9 Å². The van der Waals surface area contributed by atoms with E-state index >= 15 is 0 Å². The highest BCUT2D eigenvalue weighted by molar-refractivity contribution is 6.03. The van der Waals surface area contributed by atoms with Crippen LogP contribution in [0.5, 0.6) is 6.01 Å². The van der Waals surface area contributed by atoms with E-state index in [1.54, 1.807) is 18.5 Å². The van der Waals surface area contributed by atoms with E-state index in [1.165, 1.54) is 12.5 Å². The van der Waals surface area contributed by atoms with Gasteiger partial charge in [0.05, 0.1) is 42.3 Å². The number of hydrogen-bond acceptors (Lipinski definition) is 9. The average molecular weight is 507 g/mol. The maximum atomic E-state index is 12.6. The number of anilines is 4. The first-order valence-electron chi connectivity index (χ1n) is 12.7. The Bertz CT molecular complexity index is 1170. The van der Waals surface area contributed by atoms with Gasteiger partial charge in [-0.25, -0.2) is 15.0 Å². The lowest BCUT2D eigenvalue weighted by Crippen LogP contribution is -2.39. The lowest BCUT2D eigenvalue weighted by molar-refractivity contribution is -0.112. The number of rotatable bonds is 11. The van der Waals surface area contributed by atoms with Crippen LogP contribution in [0.1, 0.15) is 45.6 Å². The number of nitrogens with zero attached hydrogens (tertiary/aromatic N) is 4. The van der Waals surface area contributed by atoms with Gasteiger partial charge >= 0.3 is 12.0 Å². The number of carbonyl (C=O) groups excluding carboxylic acids is 1. The molecular formula is C27H34N6O4. The van der Waals surface area contributed by atoms with Crippen LogP contribution >= 0.6 is 0 Å². The van der Waals surface area contributed by atoms with Crippen LogP contribution in [0, 0.1) is 0 Å². The second kappa shape index (κ2) is 12.9. The van der Waals surface area contributed by atoms with Gasteiger partial charge in [0.25, 0.3) is 5.91 Å². The van der Waals surface area contributed by atoms with Gasteiger partial charge < -0.3 is 24.1 Å². The van der Waals surface area contributed by atoms with Crippen LogP contribution in [0.25, 0.3) is 5.57 Å². The van der Waals surface area contributed by atoms with Crippen molar-refractivity contribution < 1.29 is 18.7 Å². The van der Waals surface area contributed by atoms with Crippen molar-refractivity contribution in [2.24, 2.45) is 0 Å². The van der Waals surface area contributed by atoms with E-state index in [1.807, 2.05) is 13.8 Å². The third-order valence-corrected chi connectivity index (χ3v) is 6.18. The second-order valence-corrected chi connectivity index (χ2v) is 8.52. The molecule has 0 unspecified atom stereocenters. The summed E-state index contributed by atoms with van der Waals surface area (Å²) in [6, 6.07) is 7.13. The molecule has 3 aromatic rings. The second-order valence-electron chi connectivity index (χ2n) is 8.52. The third-order valence-electron chi connectivity index (χ3n) is 6.18. The van der Waals surface area contributed by atoms with E-state index < -0.39 is 0 Å². The Labute approximate surface area is 217 Å². The summed E-state index contributed by atoms with van der Waals surface area (Å²) in [7, 11) is 0. The van der Waals surface area contributed by atoms with Crippen LogP contribution in [0.4, 0.5) is 23.1 Å². The fraction of sp³-hybridized carbons (Fsp3) is 0.407.